The van der Waals surface area contributed by atoms with E-state index in [1.807, 2.05) is 6.07 Å². The van der Waals surface area contributed by atoms with Gasteiger partial charge in [0.05, 0.1) is 17.8 Å². The molecule has 4 heteroatoms. The molecule has 0 spiro atoms. The van der Waals surface area contributed by atoms with Gasteiger partial charge in [-0.2, -0.15) is 0 Å². The van der Waals surface area contributed by atoms with E-state index in [-0.39, 0.29) is 0 Å². The third-order valence-electron chi connectivity index (χ3n) is 3.36. The molecule has 94 valence electrons. The van der Waals surface area contributed by atoms with Gasteiger partial charge in [0.2, 0.25) is 0 Å². The van der Waals surface area contributed by atoms with Gasteiger partial charge in [0, 0.05) is 24.3 Å². The van der Waals surface area contributed by atoms with Crippen molar-refractivity contribution in [1.29, 1.82) is 0 Å². The van der Waals surface area contributed by atoms with Crippen molar-refractivity contribution in [2.45, 2.75) is 32.2 Å². The third kappa shape index (κ3) is 2.44. The maximum absolute atomic E-state index is 6.31. The molecule has 0 aromatic heterocycles. The van der Waals surface area contributed by atoms with Gasteiger partial charge in [-0.15, -0.1) is 0 Å². The van der Waals surface area contributed by atoms with E-state index in [0.29, 0.717) is 16.8 Å². The van der Waals surface area contributed by atoms with Crippen LogP contribution < -0.4 is 15.4 Å². The first-order chi connectivity index (χ1) is 8.13. The Morgan fingerprint density at radius 2 is 2.18 bits per heavy atom. The summed E-state index contributed by atoms with van der Waals surface area (Å²) < 4.78 is 5.40. The Balaban J connectivity index is 2.42. The summed E-state index contributed by atoms with van der Waals surface area (Å²) in [6.45, 7) is 3.26. The Kier molecular flexibility index (Phi) is 3.67. The second kappa shape index (κ2) is 5.05. The van der Waals surface area contributed by atoms with Crippen LogP contribution >= 0.6 is 11.6 Å². The van der Waals surface area contributed by atoms with E-state index in [2.05, 4.69) is 11.8 Å². The lowest BCUT2D eigenvalue weighted by atomic mass is 10.0. The van der Waals surface area contributed by atoms with Crippen LogP contribution in [0.3, 0.4) is 0 Å². The lowest BCUT2D eigenvalue weighted by molar-refractivity contribution is 0.408. The highest BCUT2D eigenvalue weighted by Gasteiger charge is 2.24. The number of hydrogen-bond donors (Lipinski definition) is 1. The summed E-state index contributed by atoms with van der Waals surface area (Å²) in [5.41, 5.74) is 7.41. The molecule has 1 unspecified atom stereocenters. The zero-order valence-corrected chi connectivity index (χ0v) is 11.1. The average molecular weight is 255 g/mol. The number of piperidine rings is 1. The van der Waals surface area contributed by atoms with Gasteiger partial charge in [0.1, 0.15) is 5.75 Å². The van der Waals surface area contributed by atoms with Crippen LogP contribution in [0.2, 0.25) is 5.02 Å². The van der Waals surface area contributed by atoms with Gasteiger partial charge >= 0.3 is 0 Å². The molecule has 1 fully saturated rings. The number of benzene rings is 1. The van der Waals surface area contributed by atoms with Gasteiger partial charge in [-0.3, -0.25) is 0 Å². The van der Waals surface area contributed by atoms with Crippen LogP contribution in [0.25, 0.3) is 0 Å². The van der Waals surface area contributed by atoms with Gasteiger partial charge in [-0.1, -0.05) is 11.6 Å². The highest BCUT2D eigenvalue weighted by atomic mass is 35.5. The number of rotatable bonds is 2. The van der Waals surface area contributed by atoms with E-state index in [4.69, 9.17) is 22.1 Å². The van der Waals surface area contributed by atoms with Crippen LogP contribution in [-0.2, 0) is 0 Å². The van der Waals surface area contributed by atoms with Crippen molar-refractivity contribution in [2.75, 3.05) is 24.3 Å². The smallest absolute Gasteiger partial charge is 0.145 e. The maximum Gasteiger partial charge on any atom is 0.145 e. The van der Waals surface area contributed by atoms with Crippen LogP contribution in [0.1, 0.15) is 26.2 Å². The van der Waals surface area contributed by atoms with Crippen LogP contribution in [0.4, 0.5) is 11.4 Å². The minimum atomic E-state index is 0.499. The molecule has 1 saturated heterocycles. The molecule has 0 bridgehead atoms. The molecule has 3 nitrogen and oxygen atoms in total. The molecule has 1 aliphatic heterocycles. The molecule has 0 aliphatic carbocycles. The molecular formula is C13H19ClN2O. The zero-order valence-electron chi connectivity index (χ0n) is 10.4. The molecule has 0 amide bonds. The standard InChI is InChI=1S/C13H19ClN2O/c1-9-5-3-4-6-16(9)13-11(14)7-10(15)8-12(13)17-2/h7-9H,3-6,15H2,1-2H3. The highest BCUT2D eigenvalue weighted by molar-refractivity contribution is 6.34. The van der Waals surface area contributed by atoms with Crippen LogP contribution in [0.15, 0.2) is 12.1 Å². The molecule has 2 N–H and O–H groups in total. The molecule has 0 saturated carbocycles. The minimum absolute atomic E-state index is 0.499. The Bertz CT molecular complexity index is 409. The van der Waals surface area contributed by atoms with E-state index >= 15 is 0 Å². The lowest BCUT2D eigenvalue weighted by Crippen LogP contribution is -2.37. The van der Waals surface area contributed by atoms with E-state index in [9.17, 15) is 0 Å². The minimum Gasteiger partial charge on any atom is -0.494 e. The molecule has 2 rings (SSSR count). The summed E-state index contributed by atoms with van der Waals surface area (Å²) in [6, 6.07) is 4.13. The summed E-state index contributed by atoms with van der Waals surface area (Å²) in [4.78, 5) is 2.32. The van der Waals surface area contributed by atoms with E-state index in [1.165, 1.54) is 19.3 Å². The maximum atomic E-state index is 6.31. The van der Waals surface area contributed by atoms with E-state index in [1.54, 1.807) is 13.2 Å². The molecule has 1 aromatic carbocycles. The second-order valence-corrected chi connectivity index (χ2v) is 5.00. The van der Waals surface area contributed by atoms with E-state index < -0.39 is 0 Å². The largest absolute Gasteiger partial charge is 0.494 e. The molecule has 0 radical (unpaired) electrons. The van der Waals surface area contributed by atoms with Gasteiger partial charge in [0.25, 0.3) is 0 Å². The number of halogens is 1. The highest BCUT2D eigenvalue weighted by Crippen LogP contribution is 2.40. The normalized spacial score (nSPS) is 20.4. The van der Waals surface area contributed by atoms with Crippen molar-refractivity contribution in [3.05, 3.63) is 17.2 Å². The number of methoxy groups -OCH3 is 1. The molecular weight excluding hydrogens is 236 g/mol. The number of nitrogens with zero attached hydrogens (tertiary/aromatic N) is 1. The summed E-state index contributed by atoms with van der Waals surface area (Å²) in [7, 11) is 1.66. The summed E-state index contributed by atoms with van der Waals surface area (Å²) >= 11 is 6.31. The Hall–Kier alpha value is -1.09. The second-order valence-electron chi connectivity index (χ2n) is 4.59. The first kappa shape index (κ1) is 12.4. The zero-order chi connectivity index (χ0) is 12.4. The monoisotopic (exact) mass is 254 g/mol. The fourth-order valence-corrected chi connectivity index (χ4v) is 2.79. The van der Waals surface area contributed by atoms with E-state index in [0.717, 1.165) is 18.0 Å². The van der Waals surface area contributed by atoms with Crippen molar-refractivity contribution in [1.82, 2.24) is 0 Å². The van der Waals surface area contributed by atoms with Gasteiger partial charge in [0.15, 0.2) is 0 Å². The quantitative estimate of drug-likeness (QED) is 0.823. The SMILES string of the molecule is COc1cc(N)cc(Cl)c1N1CCCCC1C. The number of ether oxygens (including phenoxy) is 1. The third-order valence-corrected chi connectivity index (χ3v) is 3.65. The Labute approximate surface area is 107 Å². The van der Waals surface area contributed by atoms with Crippen molar-refractivity contribution in [2.24, 2.45) is 0 Å². The summed E-state index contributed by atoms with van der Waals surface area (Å²) in [6.07, 6.45) is 3.69. The van der Waals surface area contributed by atoms with Crippen molar-refractivity contribution in [3.8, 4) is 5.75 Å². The first-order valence-corrected chi connectivity index (χ1v) is 6.41. The molecule has 1 aromatic rings. The van der Waals surface area contributed by atoms with Crippen molar-refractivity contribution in [3.63, 3.8) is 0 Å². The fourth-order valence-electron chi connectivity index (χ4n) is 2.46. The van der Waals surface area contributed by atoms with Crippen LogP contribution in [0.5, 0.6) is 5.75 Å². The summed E-state index contributed by atoms with van der Waals surface area (Å²) in [5, 5.41) is 0.676. The fraction of sp³-hybridized carbons (Fsp3) is 0.538. The van der Waals surface area contributed by atoms with Crippen molar-refractivity contribution < 1.29 is 4.74 Å². The molecule has 17 heavy (non-hydrogen) atoms. The van der Waals surface area contributed by atoms with Gasteiger partial charge in [-0.05, 0) is 32.3 Å². The topological polar surface area (TPSA) is 38.5 Å². The number of hydrogen-bond acceptors (Lipinski definition) is 3. The summed E-state index contributed by atoms with van der Waals surface area (Å²) in [5.74, 6) is 0.767. The molecule has 1 aliphatic rings. The number of anilines is 2. The number of nitrogens with two attached hydrogens (primary N) is 1. The van der Waals surface area contributed by atoms with Crippen LogP contribution in [-0.4, -0.2) is 19.7 Å². The molecule has 1 atom stereocenters. The van der Waals surface area contributed by atoms with Crippen molar-refractivity contribution >= 4 is 23.0 Å². The van der Waals surface area contributed by atoms with Gasteiger partial charge in [-0.25, -0.2) is 0 Å². The lowest BCUT2D eigenvalue weighted by Gasteiger charge is -2.36. The van der Waals surface area contributed by atoms with Crippen LogP contribution in [0, 0.1) is 0 Å². The predicted molar refractivity (Wildman–Crippen MR) is 73.1 cm³/mol. The number of nitrogen functional groups attached to an aromatic ring is 1. The Morgan fingerprint density at radius 3 is 2.82 bits per heavy atom. The molecule has 1 heterocycles. The Morgan fingerprint density at radius 1 is 1.41 bits per heavy atom. The predicted octanol–water partition coefficient (Wildman–Crippen LogP) is 3.31. The first-order valence-electron chi connectivity index (χ1n) is 6.03. The average Bonchev–Trinajstić information content (AvgIpc) is 2.29. The van der Waals surface area contributed by atoms with Gasteiger partial charge < -0.3 is 15.4 Å².